The lowest BCUT2D eigenvalue weighted by molar-refractivity contribution is 0.0781. The summed E-state index contributed by atoms with van der Waals surface area (Å²) in [6.07, 6.45) is 1.48. The molecule has 2 N–H and O–H groups in total. The van der Waals surface area contributed by atoms with Crippen molar-refractivity contribution in [2.75, 3.05) is 30.4 Å². The van der Waals surface area contributed by atoms with Gasteiger partial charge in [-0.1, -0.05) is 12.1 Å². The maximum absolute atomic E-state index is 12.8. The summed E-state index contributed by atoms with van der Waals surface area (Å²) in [5.74, 6) is 0.123. The number of amides is 3. The zero-order chi connectivity index (χ0) is 17.6. The number of aromatic hydroxyl groups is 1. The van der Waals surface area contributed by atoms with Gasteiger partial charge in [0, 0.05) is 37.5 Å². The Labute approximate surface area is 145 Å². The number of hydrogen-bond donors (Lipinski definition) is 2. The Morgan fingerprint density at radius 3 is 2.84 bits per heavy atom. The number of nitrogens with zero attached hydrogens (tertiary/aromatic N) is 2. The van der Waals surface area contributed by atoms with Crippen LogP contribution >= 0.6 is 0 Å². The highest BCUT2D eigenvalue weighted by atomic mass is 16.3. The van der Waals surface area contributed by atoms with E-state index < -0.39 is 0 Å². The number of phenols is 1. The molecule has 0 atom stereocenters. The molecule has 2 aliphatic rings. The molecule has 0 aliphatic carbocycles. The fraction of sp³-hybridized carbons (Fsp3) is 0.263. The molecule has 128 valence electrons. The van der Waals surface area contributed by atoms with Crippen LogP contribution in [0.25, 0.3) is 0 Å². The minimum Gasteiger partial charge on any atom is -0.508 e. The molecular weight excluding hydrogens is 318 g/mol. The van der Waals surface area contributed by atoms with Crippen LogP contribution in [0.4, 0.5) is 16.2 Å². The summed E-state index contributed by atoms with van der Waals surface area (Å²) in [5, 5.41) is 12.6. The van der Waals surface area contributed by atoms with E-state index in [4.69, 9.17) is 0 Å². The average molecular weight is 337 g/mol. The molecule has 2 aromatic rings. The summed E-state index contributed by atoms with van der Waals surface area (Å²) in [6, 6.07) is 10.3. The van der Waals surface area contributed by atoms with Crippen LogP contribution in [0.1, 0.15) is 21.5 Å². The van der Waals surface area contributed by atoms with Crippen LogP contribution in [-0.4, -0.2) is 42.1 Å². The van der Waals surface area contributed by atoms with Crippen LogP contribution in [0.3, 0.4) is 0 Å². The van der Waals surface area contributed by atoms with Gasteiger partial charge >= 0.3 is 6.03 Å². The number of urea groups is 1. The van der Waals surface area contributed by atoms with Gasteiger partial charge in [0.15, 0.2) is 0 Å². The van der Waals surface area contributed by atoms with Gasteiger partial charge in [0.2, 0.25) is 0 Å². The molecule has 0 radical (unpaired) electrons. The van der Waals surface area contributed by atoms with E-state index in [2.05, 4.69) is 5.32 Å². The summed E-state index contributed by atoms with van der Waals surface area (Å²) >= 11 is 0. The minimum absolute atomic E-state index is 0.0196. The molecule has 0 unspecified atom stereocenters. The second-order valence-corrected chi connectivity index (χ2v) is 6.45. The summed E-state index contributed by atoms with van der Waals surface area (Å²) in [6.45, 7) is 1.21. The SMILES string of the molecule is CN1CCc2c(NC(=O)N3CCc4ccc(O)cc43)cccc2C1=O. The first-order chi connectivity index (χ1) is 12.0. The molecule has 6 heteroatoms. The number of phenolic OH excluding ortho intramolecular Hbond substituents is 1. The lowest BCUT2D eigenvalue weighted by Crippen LogP contribution is -2.36. The summed E-state index contributed by atoms with van der Waals surface area (Å²) in [7, 11) is 1.78. The topological polar surface area (TPSA) is 72.9 Å². The molecule has 6 nitrogen and oxygen atoms in total. The second-order valence-electron chi connectivity index (χ2n) is 6.45. The van der Waals surface area contributed by atoms with Crippen molar-refractivity contribution in [2.45, 2.75) is 12.8 Å². The molecule has 4 rings (SSSR count). The van der Waals surface area contributed by atoms with Crippen molar-refractivity contribution in [3.8, 4) is 5.75 Å². The summed E-state index contributed by atoms with van der Waals surface area (Å²) < 4.78 is 0. The highest BCUT2D eigenvalue weighted by Crippen LogP contribution is 2.32. The molecule has 2 heterocycles. The monoisotopic (exact) mass is 337 g/mol. The molecular formula is C19H19N3O3. The van der Waals surface area contributed by atoms with E-state index in [1.165, 1.54) is 0 Å². The Morgan fingerprint density at radius 1 is 1.16 bits per heavy atom. The third-order valence-corrected chi connectivity index (χ3v) is 4.90. The Hall–Kier alpha value is -3.02. The molecule has 0 bridgehead atoms. The zero-order valence-corrected chi connectivity index (χ0v) is 14.0. The number of fused-ring (bicyclic) bond motifs is 2. The Balaban J connectivity index is 1.61. The molecule has 0 saturated carbocycles. The molecule has 0 spiro atoms. The standard InChI is InChI=1S/C19H19N3O3/c1-21-9-8-14-15(18(21)24)3-2-4-16(14)20-19(25)22-10-7-12-5-6-13(23)11-17(12)22/h2-6,11,23H,7-10H2,1H3,(H,20,25). The Morgan fingerprint density at radius 2 is 2.00 bits per heavy atom. The van der Waals surface area contributed by atoms with Gasteiger partial charge in [0.1, 0.15) is 5.75 Å². The van der Waals surface area contributed by atoms with Gasteiger partial charge in [-0.05, 0) is 42.2 Å². The van der Waals surface area contributed by atoms with E-state index in [1.54, 1.807) is 41.1 Å². The smallest absolute Gasteiger partial charge is 0.326 e. The first kappa shape index (κ1) is 15.5. The number of hydrogen-bond acceptors (Lipinski definition) is 3. The van der Waals surface area contributed by atoms with Crippen molar-refractivity contribution in [1.82, 2.24) is 4.90 Å². The van der Waals surface area contributed by atoms with E-state index in [0.29, 0.717) is 30.8 Å². The molecule has 2 aliphatic heterocycles. The van der Waals surface area contributed by atoms with Crippen LogP contribution in [-0.2, 0) is 12.8 Å². The van der Waals surface area contributed by atoms with Crippen LogP contribution in [0.2, 0.25) is 0 Å². The van der Waals surface area contributed by atoms with Gasteiger partial charge in [-0.2, -0.15) is 0 Å². The first-order valence-corrected chi connectivity index (χ1v) is 8.32. The van der Waals surface area contributed by atoms with Gasteiger partial charge in [0.05, 0.1) is 5.69 Å². The number of carbonyl (C=O) groups is 2. The highest BCUT2D eigenvalue weighted by Gasteiger charge is 2.28. The number of likely N-dealkylation sites (N-methyl/N-ethyl adjacent to an activating group) is 1. The Kier molecular flexibility index (Phi) is 3.60. The van der Waals surface area contributed by atoms with E-state index in [1.807, 2.05) is 12.1 Å². The molecule has 25 heavy (non-hydrogen) atoms. The largest absolute Gasteiger partial charge is 0.508 e. The van der Waals surface area contributed by atoms with Crippen molar-refractivity contribution in [2.24, 2.45) is 0 Å². The number of rotatable bonds is 1. The Bertz CT molecular complexity index is 878. The lowest BCUT2D eigenvalue weighted by atomic mass is 9.97. The number of carbonyl (C=O) groups excluding carboxylic acids is 2. The molecule has 0 saturated heterocycles. The van der Waals surface area contributed by atoms with Gasteiger partial charge in [-0.15, -0.1) is 0 Å². The van der Waals surface area contributed by atoms with Crippen LogP contribution in [0.15, 0.2) is 36.4 Å². The predicted molar refractivity (Wildman–Crippen MR) is 95.3 cm³/mol. The van der Waals surface area contributed by atoms with E-state index in [9.17, 15) is 14.7 Å². The summed E-state index contributed by atoms with van der Waals surface area (Å²) in [4.78, 5) is 28.4. The van der Waals surface area contributed by atoms with Crippen molar-refractivity contribution in [3.63, 3.8) is 0 Å². The van der Waals surface area contributed by atoms with Crippen molar-refractivity contribution >= 4 is 23.3 Å². The van der Waals surface area contributed by atoms with Crippen molar-refractivity contribution < 1.29 is 14.7 Å². The maximum atomic E-state index is 12.8. The van der Waals surface area contributed by atoms with Crippen LogP contribution in [0.5, 0.6) is 5.75 Å². The molecule has 0 fully saturated rings. The lowest BCUT2D eigenvalue weighted by Gasteiger charge is -2.27. The average Bonchev–Trinajstić information content (AvgIpc) is 3.01. The maximum Gasteiger partial charge on any atom is 0.326 e. The normalized spacial score (nSPS) is 15.8. The van der Waals surface area contributed by atoms with E-state index in [-0.39, 0.29) is 17.7 Å². The van der Waals surface area contributed by atoms with Crippen molar-refractivity contribution in [3.05, 3.63) is 53.1 Å². The van der Waals surface area contributed by atoms with Crippen LogP contribution in [0, 0.1) is 0 Å². The highest BCUT2D eigenvalue weighted by molar-refractivity contribution is 6.05. The van der Waals surface area contributed by atoms with Crippen molar-refractivity contribution in [1.29, 1.82) is 0 Å². The quantitative estimate of drug-likeness (QED) is 0.840. The molecule has 2 aromatic carbocycles. The summed E-state index contributed by atoms with van der Waals surface area (Å²) in [5.41, 5.74) is 3.98. The molecule has 0 aromatic heterocycles. The van der Waals surface area contributed by atoms with Gasteiger partial charge in [-0.25, -0.2) is 4.79 Å². The third-order valence-electron chi connectivity index (χ3n) is 4.90. The zero-order valence-electron chi connectivity index (χ0n) is 14.0. The van der Waals surface area contributed by atoms with Gasteiger partial charge in [0.25, 0.3) is 5.91 Å². The van der Waals surface area contributed by atoms with Gasteiger partial charge < -0.3 is 15.3 Å². The minimum atomic E-state index is -0.246. The number of benzene rings is 2. The van der Waals surface area contributed by atoms with Crippen LogP contribution < -0.4 is 10.2 Å². The number of anilines is 2. The fourth-order valence-electron chi connectivity index (χ4n) is 3.52. The van der Waals surface area contributed by atoms with E-state index in [0.717, 1.165) is 23.2 Å². The third kappa shape index (κ3) is 2.59. The second kappa shape index (κ2) is 5.81. The van der Waals surface area contributed by atoms with Gasteiger partial charge in [-0.3, -0.25) is 9.69 Å². The fourth-order valence-corrected chi connectivity index (χ4v) is 3.52. The number of nitrogens with one attached hydrogen (secondary N) is 1. The predicted octanol–water partition coefficient (Wildman–Crippen LogP) is 2.61. The molecule has 3 amide bonds. The van der Waals surface area contributed by atoms with E-state index >= 15 is 0 Å². The first-order valence-electron chi connectivity index (χ1n) is 8.32.